The summed E-state index contributed by atoms with van der Waals surface area (Å²) in [5, 5.41) is 21.4. The third-order valence-corrected chi connectivity index (χ3v) is 2.62. The number of carboxylic acid groups (broad SMARTS) is 1. The minimum absolute atomic E-state index is 0.0432. The van der Waals surface area contributed by atoms with Crippen molar-refractivity contribution in [2.75, 3.05) is 11.9 Å². The van der Waals surface area contributed by atoms with E-state index in [9.17, 15) is 9.90 Å². The molecule has 1 atom stereocenters. The Hall–Kier alpha value is -1.33. The molecule has 1 unspecified atom stereocenters. The second-order valence-corrected chi connectivity index (χ2v) is 4.88. The molecule has 0 aliphatic rings. The molecule has 1 aromatic rings. The van der Waals surface area contributed by atoms with Crippen molar-refractivity contribution < 1.29 is 15.0 Å². The first-order chi connectivity index (χ1) is 8.43. The maximum Gasteiger partial charge on any atom is 0.339 e. The molecule has 0 spiro atoms. The fourth-order valence-electron chi connectivity index (χ4n) is 1.66. The van der Waals surface area contributed by atoms with Crippen molar-refractivity contribution >= 4 is 23.4 Å². The number of aliphatic hydroxyl groups is 1. The molecule has 3 N–H and O–H groups in total. The summed E-state index contributed by atoms with van der Waals surface area (Å²) in [6.45, 7) is 3.95. The van der Waals surface area contributed by atoms with Crippen molar-refractivity contribution in [1.29, 1.82) is 0 Å². The molecular weight excluding hydrogens is 256 g/mol. The number of aromatic carboxylic acids is 1. The van der Waals surface area contributed by atoms with Crippen LogP contribution in [0.25, 0.3) is 0 Å². The van der Waals surface area contributed by atoms with Crippen LogP contribution in [0, 0.1) is 5.92 Å². The largest absolute Gasteiger partial charge is 0.478 e. The van der Waals surface area contributed by atoms with Gasteiger partial charge < -0.3 is 15.5 Å². The molecule has 1 heterocycles. The highest BCUT2D eigenvalue weighted by atomic mass is 35.5. The third kappa shape index (κ3) is 4.16. The Bertz CT molecular complexity index is 424. The minimum atomic E-state index is -1.08. The number of rotatable bonds is 6. The predicted molar refractivity (Wildman–Crippen MR) is 70.2 cm³/mol. The summed E-state index contributed by atoms with van der Waals surface area (Å²) in [6.07, 6.45) is 0.712. The highest BCUT2D eigenvalue weighted by Crippen LogP contribution is 2.19. The number of hydrogen-bond acceptors (Lipinski definition) is 4. The van der Waals surface area contributed by atoms with Gasteiger partial charge in [-0.3, -0.25) is 0 Å². The lowest BCUT2D eigenvalue weighted by molar-refractivity contribution is 0.0697. The number of halogens is 1. The molecule has 0 bridgehead atoms. The van der Waals surface area contributed by atoms with Crippen molar-refractivity contribution in [2.45, 2.75) is 26.3 Å². The minimum Gasteiger partial charge on any atom is -0.478 e. The van der Waals surface area contributed by atoms with Crippen LogP contribution in [0.5, 0.6) is 0 Å². The van der Waals surface area contributed by atoms with Gasteiger partial charge >= 0.3 is 5.97 Å². The average Bonchev–Trinajstić information content (AvgIpc) is 2.27. The molecular formula is C12H17ClN2O3. The molecule has 5 nitrogen and oxygen atoms in total. The summed E-state index contributed by atoms with van der Waals surface area (Å²) < 4.78 is 0. The first kappa shape index (κ1) is 14.7. The normalized spacial score (nSPS) is 12.5. The van der Waals surface area contributed by atoms with Gasteiger partial charge in [-0.1, -0.05) is 25.4 Å². The van der Waals surface area contributed by atoms with Gasteiger partial charge in [0.25, 0.3) is 0 Å². The molecule has 0 saturated heterocycles. The van der Waals surface area contributed by atoms with Crippen LogP contribution in [0.1, 0.15) is 30.6 Å². The van der Waals surface area contributed by atoms with Gasteiger partial charge in [0.15, 0.2) is 0 Å². The highest BCUT2D eigenvalue weighted by molar-refractivity contribution is 6.29. The van der Waals surface area contributed by atoms with E-state index >= 15 is 0 Å². The van der Waals surface area contributed by atoms with E-state index in [0.29, 0.717) is 12.3 Å². The SMILES string of the molecule is CC(C)CC(CO)Nc1nc(Cl)ccc1C(=O)O. The Kier molecular flexibility index (Phi) is 5.37. The number of carboxylic acids is 1. The van der Waals surface area contributed by atoms with E-state index in [4.69, 9.17) is 16.7 Å². The molecule has 0 fully saturated rings. The number of nitrogens with one attached hydrogen (secondary N) is 1. The summed E-state index contributed by atoms with van der Waals surface area (Å²) in [5.74, 6) is -0.514. The van der Waals surface area contributed by atoms with Crippen LogP contribution < -0.4 is 5.32 Å². The van der Waals surface area contributed by atoms with Crippen LogP contribution in [0.15, 0.2) is 12.1 Å². The molecule has 0 aromatic carbocycles. The zero-order chi connectivity index (χ0) is 13.7. The molecule has 0 radical (unpaired) electrons. The van der Waals surface area contributed by atoms with Crippen LogP contribution in [0.2, 0.25) is 5.15 Å². The first-order valence-electron chi connectivity index (χ1n) is 5.71. The van der Waals surface area contributed by atoms with Crippen LogP contribution in [0.4, 0.5) is 5.82 Å². The fourth-order valence-corrected chi connectivity index (χ4v) is 1.81. The lowest BCUT2D eigenvalue weighted by atomic mass is 10.0. The topological polar surface area (TPSA) is 82.5 Å². The lowest BCUT2D eigenvalue weighted by Gasteiger charge is -2.19. The summed E-state index contributed by atoms with van der Waals surface area (Å²) in [4.78, 5) is 15.0. The number of hydrogen-bond donors (Lipinski definition) is 3. The van der Waals surface area contributed by atoms with Gasteiger partial charge in [0.1, 0.15) is 16.5 Å². The quantitative estimate of drug-likeness (QED) is 0.692. The summed E-state index contributed by atoms with van der Waals surface area (Å²) in [6, 6.07) is 2.57. The van der Waals surface area contributed by atoms with E-state index in [2.05, 4.69) is 10.3 Å². The smallest absolute Gasteiger partial charge is 0.339 e. The Balaban J connectivity index is 2.93. The average molecular weight is 273 g/mol. The number of nitrogens with zero attached hydrogens (tertiary/aromatic N) is 1. The Labute approximate surface area is 111 Å². The van der Waals surface area contributed by atoms with Gasteiger partial charge in [0, 0.05) is 0 Å². The maximum atomic E-state index is 11.0. The second-order valence-electron chi connectivity index (χ2n) is 4.49. The van der Waals surface area contributed by atoms with Gasteiger partial charge in [-0.15, -0.1) is 0 Å². The number of pyridine rings is 1. The maximum absolute atomic E-state index is 11.0. The van der Waals surface area contributed by atoms with E-state index in [-0.39, 0.29) is 29.2 Å². The Morgan fingerprint density at radius 1 is 1.50 bits per heavy atom. The zero-order valence-electron chi connectivity index (χ0n) is 10.4. The van der Waals surface area contributed by atoms with Crippen molar-refractivity contribution in [3.63, 3.8) is 0 Å². The first-order valence-corrected chi connectivity index (χ1v) is 6.09. The van der Waals surface area contributed by atoms with Gasteiger partial charge in [-0.2, -0.15) is 0 Å². The number of aromatic nitrogens is 1. The number of aliphatic hydroxyl groups excluding tert-OH is 1. The van der Waals surface area contributed by atoms with Crippen molar-refractivity contribution in [3.8, 4) is 0 Å². The van der Waals surface area contributed by atoms with E-state index in [0.717, 1.165) is 0 Å². The van der Waals surface area contributed by atoms with Crippen LogP contribution in [-0.2, 0) is 0 Å². The fraction of sp³-hybridized carbons (Fsp3) is 0.500. The standard InChI is InChI=1S/C12H17ClN2O3/c1-7(2)5-8(6-16)14-11-9(12(17)18)3-4-10(13)15-11/h3-4,7-8,16H,5-6H2,1-2H3,(H,14,15)(H,17,18). The molecule has 6 heteroatoms. The predicted octanol–water partition coefficient (Wildman–Crippen LogP) is 2.25. The van der Waals surface area contributed by atoms with E-state index in [1.54, 1.807) is 0 Å². The second kappa shape index (κ2) is 6.56. The zero-order valence-corrected chi connectivity index (χ0v) is 11.1. The van der Waals surface area contributed by atoms with Crippen molar-refractivity contribution in [3.05, 3.63) is 22.8 Å². The van der Waals surface area contributed by atoms with E-state index in [1.807, 2.05) is 13.8 Å². The molecule has 0 amide bonds. The summed E-state index contributed by atoms with van der Waals surface area (Å²) >= 11 is 5.75. The van der Waals surface area contributed by atoms with Crippen molar-refractivity contribution in [1.82, 2.24) is 4.98 Å². The molecule has 0 saturated carbocycles. The molecule has 1 aromatic heterocycles. The summed E-state index contributed by atoms with van der Waals surface area (Å²) in [7, 11) is 0. The van der Waals surface area contributed by atoms with E-state index in [1.165, 1.54) is 12.1 Å². The molecule has 18 heavy (non-hydrogen) atoms. The van der Waals surface area contributed by atoms with Gasteiger partial charge in [0.2, 0.25) is 0 Å². The number of carbonyl (C=O) groups is 1. The van der Waals surface area contributed by atoms with Crippen LogP contribution >= 0.6 is 11.6 Å². The lowest BCUT2D eigenvalue weighted by Crippen LogP contribution is -2.27. The number of anilines is 1. The summed E-state index contributed by atoms with van der Waals surface area (Å²) in [5.41, 5.74) is 0.0432. The third-order valence-electron chi connectivity index (χ3n) is 2.41. The highest BCUT2D eigenvalue weighted by Gasteiger charge is 2.16. The van der Waals surface area contributed by atoms with Gasteiger partial charge in [-0.25, -0.2) is 9.78 Å². The molecule has 1 rings (SSSR count). The van der Waals surface area contributed by atoms with Crippen LogP contribution in [0.3, 0.4) is 0 Å². The van der Waals surface area contributed by atoms with Crippen molar-refractivity contribution in [2.24, 2.45) is 5.92 Å². The van der Waals surface area contributed by atoms with Gasteiger partial charge in [-0.05, 0) is 24.5 Å². The van der Waals surface area contributed by atoms with Gasteiger partial charge in [0.05, 0.1) is 12.6 Å². The Morgan fingerprint density at radius 2 is 2.17 bits per heavy atom. The molecule has 100 valence electrons. The molecule has 0 aliphatic carbocycles. The van der Waals surface area contributed by atoms with Crippen LogP contribution in [-0.4, -0.2) is 33.8 Å². The molecule has 0 aliphatic heterocycles. The van der Waals surface area contributed by atoms with E-state index < -0.39 is 5.97 Å². The Morgan fingerprint density at radius 3 is 2.67 bits per heavy atom. The monoisotopic (exact) mass is 272 g/mol.